The molecule has 0 aromatic rings. The third kappa shape index (κ3) is 4.36. The Morgan fingerprint density at radius 3 is 2.05 bits per heavy atom. The van der Waals surface area contributed by atoms with E-state index in [0.717, 1.165) is 6.42 Å². The van der Waals surface area contributed by atoms with Crippen LogP contribution in [0.15, 0.2) is 12.7 Å². The van der Waals surface area contributed by atoms with Gasteiger partial charge in [-0.05, 0) is 25.7 Å². The molecule has 0 atom stereocenters. The zero-order valence-electron chi connectivity index (χ0n) is 13.9. The lowest BCUT2D eigenvalue weighted by Crippen LogP contribution is -2.51. The molecule has 0 spiro atoms. The Morgan fingerprint density at radius 1 is 1.11 bits per heavy atom. The molecule has 0 aliphatic carbocycles. The first-order valence-corrected chi connectivity index (χ1v) is 7.37. The first-order chi connectivity index (χ1) is 8.52. The highest BCUT2D eigenvalue weighted by Crippen LogP contribution is 2.50. The minimum absolute atomic E-state index is 0.104. The molecule has 0 saturated heterocycles. The van der Waals surface area contributed by atoms with Gasteiger partial charge in [0.25, 0.3) is 0 Å². The van der Waals surface area contributed by atoms with Crippen molar-refractivity contribution in [3.05, 3.63) is 12.7 Å². The van der Waals surface area contributed by atoms with Crippen LogP contribution in [0.2, 0.25) is 0 Å². The van der Waals surface area contributed by atoms with E-state index in [4.69, 9.17) is 4.74 Å². The Kier molecular flexibility index (Phi) is 6.31. The average molecular weight is 268 g/mol. The molecule has 2 heteroatoms. The van der Waals surface area contributed by atoms with Crippen LogP contribution in [0.25, 0.3) is 0 Å². The second-order valence-corrected chi connectivity index (χ2v) is 7.10. The van der Waals surface area contributed by atoms with Gasteiger partial charge in [-0.3, -0.25) is 0 Å². The molecule has 19 heavy (non-hydrogen) atoms. The zero-order valence-corrected chi connectivity index (χ0v) is 13.9. The van der Waals surface area contributed by atoms with Crippen molar-refractivity contribution in [1.29, 1.82) is 0 Å². The highest BCUT2D eigenvalue weighted by atomic mass is 16.6. The molecule has 0 aromatic heterocycles. The highest BCUT2D eigenvalue weighted by molar-refractivity contribution is 5.81. The van der Waals surface area contributed by atoms with Gasteiger partial charge in [0.2, 0.25) is 0 Å². The van der Waals surface area contributed by atoms with Crippen molar-refractivity contribution < 1.29 is 9.53 Å². The minimum Gasteiger partial charge on any atom is -0.456 e. The van der Waals surface area contributed by atoms with E-state index in [1.54, 1.807) is 0 Å². The third-order valence-electron chi connectivity index (χ3n) is 5.12. The first kappa shape index (κ1) is 18.2. The van der Waals surface area contributed by atoms with Crippen LogP contribution in [0.4, 0.5) is 0 Å². The van der Waals surface area contributed by atoms with E-state index in [1.165, 1.54) is 25.3 Å². The number of ether oxygens (including phenoxy) is 1. The SMILES string of the molecule is C=CC(=O)OC(C)(C)C(C)(C)C(C)(C)CCCCC. The van der Waals surface area contributed by atoms with Gasteiger partial charge in [0.1, 0.15) is 5.60 Å². The molecular weight excluding hydrogens is 236 g/mol. The van der Waals surface area contributed by atoms with E-state index in [2.05, 4.69) is 41.2 Å². The van der Waals surface area contributed by atoms with Gasteiger partial charge in [-0.1, -0.05) is 60.5 Å². The van der Waals surface area contributed by atoms with Crippen molar-refractivity contribution in [1.82, 2.24) is 0 Å². The zero-order chi connectivity index (χ0) is 15.3. The van der Waals surface area contributed by atoms with Gasteiger partial charge < -0.3 is 4.74 Å². The van der Waals surface area contributed by atoms with Crippen molar-refractivity contribution in [2.75, 3.05) is 0 Å². The van der Waals surface area contributed by atoms with Crippen LogP contribution in [0.3, 0.4) is 0 Å². The Balaban J connectivity index is 4.98. The number of rotatable bonds is 8. The molecule has 0 heterocycles. The second-order valence-electron chi connectivity index (χ2n) is 7.10. The van der Waals surface area contributed by atoms with Gasteiger partial charge in [-0.2, -0.15) is 0 Å². The number of carbonyl (C=O) groups is 1. The Hall–Kier alpha value is -0.790. The van der Waals surface area contributed by atoms with Crippen LogP contribution in [0.5, 0.6) is 0 Å². The molecule has 0 radical (unpaired) electrons. The van der Waals surface area contributed by atoms with Crippen molar-refractivity contribution >= 4 is 5.97 Å². The van der Waals surface area contributed by atoms with Gasteiger partial charge in [-0.25, -0.2) is 4.79 Å². The highest BCUT2D eigenvalue weighted by Gasteiger charge is 2.49. The van der Waals surface area contributed by atoms with E-state index >= 15 is 0 Å². The van der Waals surface area contributed by atoms with Gasteiger partial charge in [0.15, 0.2) is 0 Å². The third-order valence-corrected chi connectivity index (χ3v) is 5.12. The van der Waals surface area contributed by atoms with E-state index < -0.39 is 5.60 Å². The summed E-state index contributed by atoms with van der Waals surface area (Å²) in [6.07, 6.45) is 6.08. The number of unbranched alkanes of at least 4 members (excludes halogenated alkanes) is 2. The average Bonchev–Trinajstić information content (AvgIpc) is 2.28. The van der Waals surface area contributed by atoms with Gasteiger partial charge in [0.05, 0.1) is 0 Å². The van der Waals surface area contributed by atoms with Crippen LogP contribution in [0, 0.1) is 10.8 Å². The fourth-order valence-corrected chi connectivity index (χ4v) is 2.37. The van der Waals surface area contributed by atoms with Crippen LogP contribution in [-0.2, 0) is 9.53 Å². The first-order valence-electron chi connectivity index (χ1n) is 7.37. The van der Waals surface area contributed by atoms with Crippen LogP contribution in [-0.4, -0.2) is 11.6 Å². The quantitative estimate of drug-likeness (QED) is 0.347. The van der Waals surface area contributed by atoms with E-state index in [0.29, 0.717) is 0 Å². The Morgan fingerprint density at radius 2 is 1.63 bits per heavy atom. The smallest absolute Gasteiger partial charge is 0.330 e. The molecule has 2 nitrogen and oxygen atoms in total. The van der Waals surface area contributed by atoms with Gasteiger partial charge in [-0.15, -0.1) is 0 Å². The molecule has 0 unspecified atom stereocenters. The van der Waals surface area contributed by atoms with E-state index in [9.17, 15) is 4.79 Å². The largest absolute Gasteiger partial charge is 0.456 e. The normalized spacial score (nSPS) is 13.2. The summed E-state index contributed by atoms with van der Waals surface area (Å²) in [6.45, 7) is 18.6. The predicted octanol–water partition coefficient (Wildman–Crippen LogP) is 5.13. The summed E-state index contributed by atoms with van der Waals surface area (Å²) >= 11 is 0. The lowest BCUT2D eigenvalue weighted by molar-refractivity contribution is -0.174. The van der Waals surface area contributed by atoms with Crippen molar-refractivity contribution in [2.24, 2.45) is 10.8 Å². The molecule has 0 aliphatic heterocycles. The summed E-state index contributed by atoms with van der Waals surface area (Å²) in [5.41, 5.74) is -0.534. The summed E-state index contributed by atoms with van der Waals surface area (Å²) < 4.78 is 5.59. The number of esters is 1. The maximum atomic E-state index is 11.5. The van der Waals surface area contributed by atoms with Gasteiger partial charge in [0, 0.05) is 11.5 Å². The van der Waals surface area contributed by atoms with Crippen LogP contribution in [0.1, 0.15) is 74.1 Å². The van der Waals surface area contributed by atoms with Crippen molar-refractivity contribution in [2.45, 2.75) is 79.8 Å². The standard InChI is InChI=1S/C17H32O2/c1-9-11-12-13-15(3,4)16(5,6)17(7,8)19-14(18)10-2/h10H,2,9,11-13H2,1,3-8H3. The van der Waals surface area contributed by atoms with Crippen molar-refractivity contribution in [3.8, 4) is 0 Å². The predicted molar refractivity (Wildman–Crippen MR) is 82.1 cm³/mol. The number of hydrogen-bond acceptors (Lipinski definition) is 2. The molecular formula is C17H32O2. The molecule has 112 valence electrons. The maximum absolute atomic E-state index is 11.5. The van der Waals surface area contributed by atoms with Crippen molar-refractivity contribution in [3.63, 3.8) is 0 Å². The molecule has 0 amide bonds. The molecule has 0 fully saturated rings. The lowest BCUT2D eigenvalue weighted by Gasteiger charge is -2.51. The van der Waals surface area contributed by atoms with E-state index in [1.807, 2.05) is 13.8 Å². The molecule has 0 rings (SSSR count). The monoisotopic (exact) mass is 268 g/mol. The lowest BCUT2D eigenvalue weighted by atomic mass is 9.58. The minimum atomic E-state index is -0.520. The molecule has 0 bridgehead atoms. The topological polar surface area (TPSA) is 26.3 Å². The van der Waals surface area contributed by atoms with Crippen LogP contribution < -0.4 is 0 Å². The van der Waals surface area contributed by atoms with Crippen LogP contribution >= 0.6 is 0 Å². The number of carbonyl (C=O) groups excluding carboxylic acids is 1. The second kappa shape index (κ2) is 6.58. The fraction of sp³-hybridized carbons (Fsp3) is 0.824. The molecule has 0 N–H and O–H groups in total. The summed E-state index contributed by atoms with van der Waals surface area (Å²) in [5, 5.41) is 0. The Labute approximate surface area is 119 Å². The molecule has 0 aromatic carbocycles. The molecule has 0 aliphatic rings. The summed E-state index contributed by atoms with van der Waals surface area (Å²) in [5.74, 6) is -0.345. The summed E-state index contributed by atoms with van der Waals surface area (Å²) in [4.78, 5) is 11.5. The number of hydrogen-bond donors (Lipinski definition) is 0. The fourth-order valence-electron chi connectivity index (χ4n) is 2.37. The summed E-state index contributed by atoms with van der Waals surface area (Å²) in [7, 11) is 0. The van der Waals surface area contributed by atoms with Gasteiger partial charge >= 0.3 is 5.97 Å². The Bertz CT molecular complexity index is 311. The summed E-state index contributed by atoms with van der Waals surface area (Å²) in [6, 6.07) is 0. The molecule has 0 saturated carbocycles. The van der Waals surface area contributed by atoms with E-state index in [-0.39, 0.29) is 16.8 Å². The maximum Gasteiger partial charge on any atom is 0.330 e.